The molecule has 1 aliphatic heterocycles. The maximum Gasteiger partial charge on any atom is 0.220 e. The van der Waals surface area contributed by atoms with Gasteiger partial charge in [0.2, 0.25) is 5.91 Å². The molecule has 3 rings (SSSR count). The summed E-state index contributed by atoms with van der Waals surface area (Å²) in [6, 6.07) is 11.0. The fourth-order valence-electron chi connectivity index (χ4n) is 3.70. The van der Waals surface area contributed by atoms with E-state index in [4.69, 9.17) is 21.1 Å². The van der Waals surface area contributed by atoms with Crippen LogP contribution in [0.3, 0.4) is 0 Å². The molecule has 4 nitrogen and oxygen atoms in total. The number of carbonyl (C=O) groups is 1. The molecule has 1 aliphatic rings. The van der Waals surface area contributed by atoms with E-state index < -0.39 is 11.4 Å². The Morgan fingerprint density at radius 2 is 2.07 bits per heavy atom. The van der Waals surface area contributed by atoms with Gasteiger partial charge in [-0.1, -0.05) is 29.8 Å². The van der Waals surface area contributed by atoms with Crippen LogP contribution in [0.5, 0.6) is 5.75 Å². The van der Waals surface area contributed by atoms with Gasteiger partial charge in [0.25, 0.3) is 0 Å². The summed E-state index contributed by atoms with van der Waals surface area (Å²) in [6.45, 7) is 3.31. The zero-order valence-corrected chi connectivity index (χ0v) is 17.7. The summed E-state index contributed by atoms with van der Waals surface area (Å²) in [7, 11) is 1.65. The first-order valence-corrected chi connectivity index (χ1v) is 10.3. The second kappa shape index (κ2) is 9.59. The Morgan fingerprint density at radius 1 is 1.28 bits per heavy atom. The van der Waals surface area contributed by atoms with Crippen molar-refractivity contribution < 1.29 is 18.7 Å². The molecule has 6 heteroatoms. The first-order valence-electron chi connectivity index (χ1n) is 9.89. The van der Waals surface area contributed by atoms with Crippen LogP contribution in [0.15, 0.2) is 36.4 Å². The van der Waals surface area contributed by atoms with Crippen molar-refractivity contribution in [1.82, 2.24) is 5.32 Å². The molecule has 29 heavy (non-hydrogen) atoms. The molecular weight excluding hydrogens is 393 g/mol. The SMILES string of the molecule is COCCCNC(=O)CCc1ccc2c(c1)CC(C)(Cc1ccc(Cl)c(F)c1)O2. The van der Waals surface area contributed by atoms with Crippen LogP contribution in [-0.4, -0.2) is 31.8 Å². The summed E-state index contributed by atoms with van der Waals surface area (Å²) in [5.74, 6) is 0.494. The smallest absolute Gasteiger partial charge is 0.220 e. The van der Waals surface area contributed by atoms with Crippen molar-refractivity contribution >= 4 is 17.5 Å². The lowest BCUT2D eigenvalue weighted by Crippen LogP contribution is -2.32. The van der Waals surface area contributed by atoms with Crippen LogP contribution in [0.25, 0.3) is 0 Å². The summed E-state index contributed by atoms with van der Waals surface area (Å²) in [6.07, 6.45) is 3.28. The predicted octanol–water partition coefficient (Wildman–Crippen LogP) is 4.50. The standard InChI is InChI=1S/C23H27ClFNO3/c1-23(14-17-4-7-19(24)20(25)13-17)15-18-12-16(5-8-21(18)29-23)6-9-22(27)26-10-3-11-28-2/h4-5,7-8,12-13H,3,6,9-11,14-15H2,1-2H3,(H,26,27). The Hall–Kier alpha value is -2.11. The van der Waals surface area contributed by atoms with Gasteiger partial charge in [-0.3, -0.25) is 4.79 Å². The van der Waals surface area contributed by atoms with E-state index >= 15 is 0 Å². The maximum atomic E-state index is 13.7. The van der Waals surface area contributed by atoms with Crippen molar-refractivity contribution in [2.24, 2.45) is 0 Å². The quantitative estimate of drug-likeness (QED) is 0.609. The summed E-state index contributed by atoms with van der Waals surface area (Å²) >= 11 is 5.78. The minimum atomic E-state index is -0.431. The molecule has 0 bridgehead atoms. The summed E-state index contributed by atoms with van der Waals surface area (Å²) < 4.78 is 24.9. The van der Waals surface area contributed by atoms with Crippen LogP contribution >= 0.6 is 11.6 Å². The van der Waals surface area contributed by atoms with Gasteiger partial charge in [-0.25, -0.2) is 4.39 Å². The third-order valence-corrected chi connectivity index (χ3v) is 5.40. The average Bonchev–Trinajstić information content (AvgIpc) is 3.01. The second-order valence-electron chi connectivity index (χ2n) is 7.79. The average molecular weight is 420 g/mol. The lowest BCUT2D eigenvalue weighted by molar-refractivity contribution is -0.121. The van der Waals surface area contributed by atoms with E-state index in [1.54, 1.807) is 13.2 Å². The highest BCUT2D eigenvalue weighted by Gasteiger charge is 2.35. The molecule has 1 N–H and O–H groups in total. The molecule has 156 valence electrons. The molecule has 0 saturated heterocycles. The monoisotopic (exact) mass is 419 g/mol. The van der Waals surface area contributed by atoms with Crippen molar-refractivity contribution in [2.45, 2.75) is 44.6 Å². The molecule has 1 unspecified atom stereocenters. The van der Waals surface area contributed by atoms with Crippen LogP contribution < -0.4 is 10.1 Å². The molecule has 0 fully saturated rings. The first-order chi connectivity index (χ1) is 13.9. The Balaban J connectivity index is 1.55. The second-order valence-corrected chi connectivity index (χ2v) is 8.20. The number of hydrogen-bond donors (Lipinski definition) is 1. The third kappa shape index (κ3) is 5.94. The number of rotatable bonds is 9. The number of hydrogen-bond acceptors (Lipinski definition) is 3. The van der Waals surface area contributed by atoms with E-state index in [1.807, 2.05) is 25.1 Å². The van der Waals surface area contributed by atoms with Gasteiger partial charge in [0, 0.05) is 39.5 Å². The predicted molar refractivity (Wildman–Crippen MR) is 112 cm³/mol. The highest BCUT2D eigenvalue weighted by atomic mass is 35.5. The van der Waals surface area contributed by atoms with Crippen molar-refractivity contribution in [3.63, 3.8) is 0 Å². The molecule has 1 amide bonds. The van der Waals surface area contributed by atoms with Crippen molar-refractivity contribution in [2.75, 3.05) is 20.3 Å². The Morgan fingerprint density at radius 3 is 2.83 bits per heavy atom. The van der Waals surface area contributed by atoms with E-state index in [1.165, 1.54) is 6.07 Å². The van der Waals surface area contributed by atoms with Gasteiger partial charge in [0.1, 0.15) is 17.2 Å². The fraction of sp³-hybridized carbons (Fsp3) is 0.435. The molecule has 0 aliphatic carbocycles. The van der Waals surface area contributed by atoms with Crippen LogP contribution in [0, 0.1) is 5.82 Å². The number of benzene rings is 2. The minimum Gasteiger partial charge on any atom is -0.487 e. The number of nitrogens with one attached hydrogen (secondary N) is 1. The van der Waals surface area contributed by atoms with Crippen LogP contribution in [0.2, 0.25) is 5.02 Å². The highest BCUT2D eigenvalue weighted by Crippen LogP contribution is 2.38. The van der Waals surface area contributed by atoms with Crippen molar-refractivity contribution in [1.29, 1.82) is 0 Å². The molecule has 2 aromatic rings. The van der Waals surface area contributed by atoms with E-state index in [-0.39, 0.29) is 10.9 Å². The van der Waals surface area contributed by atoms with Gasteiger partial charge in [-0.15, -0.1) is 0 Å². The summed E-state index contributed by atoms with van der Waals surface area (Å²) in [5, 5.41) is 3.03. The number of ether oxygens (including phenoxy) is 2. The first kappa shape index (κ1) is 21.6. The Labute approximate surface area is 176 Å². The molecule has 2 aromatic carbocycles. The Bertz CT molecular complexity index is 873. The number of carbonyl (C=O) groups excluding carboxylic acids is 1. The molecule has 0 aromatic heterocycles. The fourth-order valence-corrected chi connectivity index (χ4v) is 3.82. The van der Waals surface area contributed by atoms with Crippen LogP contribution in [0.4, 0.5) is 4.39 Å². The number of aryl methyl sites for hydroxylation is 1. The zero-order valence-electron chi connectivity index (χ0n) is 16.9. The maximum absolute atomic E-state index is 13.7. The van der Waals surface area contributed by atoms with Crippen LogP contribution in [0.1, 0.15) is 36.5 Å². The molecule has 0 radical (unpaired) electrons. The van der Waals surface area contributed by atoms with Gasteiger partial charge in [-0.2, -0.15) is 0 Å². The molecule has 1 atom stereocenters. The van der Waals surface area contributed by atoms with Gasteiger partial charge < -0.3 is 14.8 Å². The number of halogens is 2. The molecule has 0 spiro atoms. The highest BCUT2D eigenvalue weighted by molar-refractivity contribution is 6.30. The molecule has 0 saturated carbocycles. The van der Waals surface area contributed by atoms with Gasteiger partial charge in [0.15, 0.2) is 0 Å². The molecular formula is C23H27ClFNO3. The lowest BCUT2D eigenvalue weighted by atomic mass is 9.91. The Kier molecular flexibility index (Phi) is 7.14. The van der Waals surface area contributed by atoms with Gasteiger partial charge in [-0.05, 0) is 54.7 Å². The topological polar surface area (TPSA) is 47.6 Å². The van der Waals surface area contributed by atoms with Gasteiger partial charge >= 0.3 is 0 Å². The van der Waals surface area contributed by atoms with E-state index in [0.717, 1.165) is 35.3 Å². The number of fused-ring (bicyclic) bond motifs is 1. The largest absolute Gasteiger partial charge is 0.487 e. The third-order valence-electron chi connectivity index (χ3n) is 5.10. The van der Waals surface area contributed by atoms with Crippen LogP contribution in [-0.2, 0) is 28.8 Å². The number of amides is 1. The van der Waals surface area contributed by atoms with Gasteiger partial charge in [0.05, 0.1) is 5.02 Å². The summed E-state index contributed by atoms with van der Waals surface area (Å²) in [4.78, 5) is 12.0. The lowest BCUT2D eigenvalue weighted by Gasteiger charge is -2.24. The van der Waals surface area contributed by atoms with Crippen molar-refractivity contribution in [3.05, 3.63) is 63.9 Å². The zero-order chi connectivity index (χ0) is 20.9. The minimum absolute atomic E-state index is 0.0486. The van der Waals surface area contributed by atoms with E-state index in [0.29, 0.717) is 32.4 Å². The summed E-state index contributed by atoms with van der Waals surface area (Å²) in [5.41, 5.74) is 2.66. The number of methoxy groups -OCH3 is 1. The van der Waals surface area contributed by atoms with E-state index in [2.05, 4.69) is 11.4 Å². The van der Waals surface area contributed by atoms with E-state index in [9.17, 15) is 9.18 Å². The normalized spacial score (nSPS) is 17.7. The van der Waals surface area contributed by atoms with Crippen molar-refractivity contribution in [3.8, 4) is 5.75 Å². The molecule has 1 heterocycles.